The van der Waals surface area contributed by atoms with Crippen molar-refractivity contribution in [3.63, 3.8) is 0 Å². The molecule has 0 heterocycles. The SMILES string of the molecule is C=C[C@H](C[C@H](CC(=O)O)O[Si](c1ccccc1)(c1ccccc1)C(C)(C)C)O[Si](c1ccccc1)(c1cccc(C)c1)C(C)(C)C. The maximum Gasteiger partial charge on any atom is 0.305 e. The summed E-state index contributed by atoms with van der Waals surface area (Å²) in [6, 6.07) is 39.9. The molecule has 3 atom stereocenters. The fourth-order valence-electron chi connectivity index (χ4n) is 6.87. The van der Waals surface area contributed by atoms with E-state index in [2.05, 4.69) is 128 Å². The molecule has 0 saturated heterocycles. The second kappa shape index (κ2) is 14.5. The second-order valence-electron chi connectivity index (χ2n) is 14.3. The van der Waals surface area contributed by atoms with Gasteiger partial charge >= 0.3 is 5.97 Å². The molecule has 6 heteroatoms. The van der Waals surface area contributed by atoms with Gasteiger partial charge < -0.3 is 14.0 Å². The Balaban J connectivity index is 1.86. The number of aliphatic carboxylic acids is 1. The van der Waals surface area contributed by atoms with Crippen molar-refractivity contribution in [3.05, 3.63) is 133 Å². The van der Waals surface area contributed by atoms with Crippen molar-refractivity contribution in [3.8, 4) is 0 Å². The highest BCUT2D eigenvalue weighted by Crippen LogP contribution is 2.40. The van der Waals surface area contributed by atoms with Crippen LogP contribution in [0, 0.1) is 6.92 Å². The van der Waals surface area contributed by atoms with Crippen molar-refractivity contribution in [2.45, 2.75) is 83.6 Å². The number of hydrogen-bond acceptors (Lipinski definition) is 3. The fourth-order valence-corrected chi connectivity index (χ4v) is 16.3. The number of benzene rings is 4. The van der Waals surface area contributed by atoms with Crippen LogP contribution in [-0.4, -0.2) is 39.9 Å². The summed E-state index contributed by atoms with van der Waals surface area (Å²) in [5.41, 5.74) is 1.17. The van der Waals surface area contributed by atoms with Crippen LogP contribution in [-0.2, 0) is 13.6 Å². The number of carboxylic acids is 1. The molecular formula is C40H50O4Si2. The molecule has 46 heavy (non-hydrogen) atoms. The molecule has 4 nitrogen and oxygen atoms in total. The number of hydrogen-bond donors (Lipinski definition) is 1. The Morgan fingerprint density at radius 1 is 0.696 bits per heavy atom. The van der Waals surface area contributed by atoms with Gasteiger partial charge in [0.1, 0.15) is 0 Å². The maximum atomic E-state index is 12.5. The van der Waals surface area contributed by atoms with Crippen LogP contribution in [0.4, 0.5) is 0 Å². The lowest BCUT2D eigenvalue weighted by Crippen LogP contribution is -2.69. The van der Waals surface area contributed by atoms with Gasteiger partial charge in [-0.05, 0) is 37.7 Å². The number of carboxylic acid groups (broad SMARTS) is 1. The highest BCUT2D eigenvalue weighted by atomic mass is 28.4. The van der Waals surface area contributed by atoms with E-state index in [9.17, 15) is 9.90 Å². The Hall–Kier alpha value is -3.56. The lowest BCUT2D eigenvalue weighted by atomic mass is 10.1. The number of carbonyl (C=O) groups is 1. The zero-order valence-corrected chi connectivity index (χ0v) is 30.5. The van der Waals surface area contributed by atoms with Gasteiger partial charge in [-0.2, -0.15) is 0 Å². The van der Waals surface area contributed by atoms with Crippen molar-refractivity contribution < 1.29 is 18.8 Å². The summed E-state index contributed by atoms with van der Waals surface area (Å²) in [5.74, 6) is -0.896. The second-order valence-corrected chi connectivity index (χ2v) is 22.8. The van der Waals surface area contributed by atoms with E-state index in [1.807, 2.05) is 48.5 Å². The largest absolute Gasteiger partial charge is 0.481 e. The average molecular weight is 651 g/mol. The Morgan fingerprint density at radius 2 is 1.11 bits per heavy atom. The summed E-state index contributed by atoms with van der Waals surface area (Å²) in [6.45, 7) is 19.7. The molecule has 0 fully saturated rings. The molecule has 4 rings (SSSR count). The van der Waals surface area contributed by atoms with Crippen molar-refractivity contribution in [2.75, 3.05) is 0 Å². The van der Waals surface area contributed by atoms with Gasteiger partial charge in [0.05, 0.1) is 18.6 Å². The van der Waals surface area contributed by atoms with E-state index < -0.39 is 34.8 Å². The molecule has 4 aromatic carbocycles. The topological polar surface area (TPSA) is 55.8 Å². The predicted octanol–water partition coefficient (Wildman–Crippen LogP) is 7.24. The van der Waals surface area contributed by atoms with Gasteiger partial charge in [-0.3, -0.25) is 4.79 Å². The summed E-state index contributed by atoms with van der Waals surface area (Å²) >= 11 is 0. The summed E-state index contributed by atoms with van der Waals surface area (Å²) in [4.78, 5) is 12.5. The third-order valence-electron chi connectivity index (χ3n) is 8.91. The predicted molar refractivity (Wildman–Crippen MR) is 197 cm³/mol. The Bertz CT molecular complexity index is 1540. The van der Waals surface area contributed by atoms with Crippen LogP contribution in [0.15, 0.2) is 128 Å². The summed E-state index contributed by atoms with van der Waals surface area (Å²) in [7, 11) is -5.99. The average Bonchev–Trinajstić information content (AvgIpc) is 3.01. The third kappa shape index (κ3) is 7.36. The van der Waals surface area contributed by atoms with Gasteiger partial charge in [-0.25, -0.2) is 0 Å². The molecular weight excluding hydrogens is 601 g/mol. The van der Waals surface area contributed by atoms with Gasteiger partial charge in [0.15, 0.2) is 0 Å². The van der Waals surface area contributed by atoms with Crippen molar-refractivity contribution in [1.82, 2.24) is 0 Å². The lowest BCUT2D eigenvalue weighted by molar-refractivity contribution is -0.139. The van der Waals surface area contributed by atoms with Gasteiger partial charge in [0.25, 0.3) is 16.6 Å². The van der Waals surface area contributed by atoms with Crippen molar-refractivity contribution in [2.24, 2.45) is 0 Å². The number of aryl methyl sites for hydroxylation is 1. The van der Waals surface area contributed by atoms with E-state index in [0.29, 0.717) is 6.42 Å². The molecule has 4 aromatic rings. The van der Waals surface area contributed by atoms with Crippen LogP contribution in [0.5, 0.6) is 0 Å². The van der Waals surface area contributed by atoms with Gasteiger partial charge in [0.2, 0.25) is 0 Å². The number of rotatable bonds is 13. The molecule has 0 aliphatic carbocycles. The van der Waals surface area contributed by atoms with Crippen molar-refractivity contribution in [1.29, 1.82) is 0 Å². The third-order valence-corrected chi connectivity index (χ3v) is 19.0. The van der Waals surface area contributed by atoms with Crippen LogP contribution < -0.4 is 20.7 Å². The zero-order valence-electron chi connectivity index (χ0n) is 28.5. The minimum atomic E-state index is -3.03. The van der Waals surface area contributed by atoms with Gasteiger partial charge in [-0.1, -0.05) is 168 Å². The molecule has 0 spiro atoms. The first-order valence-electron chi connectivity index (χ1n) is 16.2. The first-order chi connectivity index (χ1) is 21.7. The molecule has 0 saturated carbocycles. The van der Waals surface area contributed by atoms with Crippen LogP contribution >= 0.6 is 0 Å². The highest BCUT2D eigenvalue weighted by molar-refractivity contribution is 7.00. The van der Waals surface area contributed by atoms with E-state index in [-0.39, 0.29) is 16.5 Å². The highest BCUT2D eigenvalue weighted by Gasteiger charge is 2.53. The minimum absolute atomic E-state index is 0.141. The first kappa shape index (κ1) is 35.3. The maximum absolute atomic E-state index is 12.5. The summed E-state index contributed by atoms with van der Waals surface area (Å²) in [6.07, 6.45) is 0.999. The Morgan fingerprint density at radius 3 is 1.48 bits per heavy atom. The van der Waals surface area contributed by atoms with E-state index in [1.165, 1.54) is 15.9 Å². The Kier molecular flexibility index (Phi) is 11.1. The van der Waals surface area contributed by atoms with Crippen LogP contribution in [0.25, 0.3) is 0 Å². The quantitative estimate of drug-likeness (QED) is 0.123. The summed E-state index contributed by atoms with van der Waals surface area (Å²) in [5, 5.41) is 14.3. The Labute approximate surface area is 278 Å². The molecule has 1 unspecified atom stereocenters. The van der Waals surface area contributed by atoms with Gasteiger partial charge in [0, 0.05) is 6.42 Å². The fraction of sp³-hybridized carbons (Fsp3) is 0.325. The molecule has 0 bridgehead atoms. The molecule has 0 radical (unpaired) electrons. The van der Waals surface area contributed by atoms with Crippen LogP contribution in [0.2, 0.25) is 10.1 Å². The molecule has 242 valence electrons. The molecule has 0 aromatic heterocycles. The lowest BCUT2D eigenvalue weighted by Gasteiger charge is -2.47. The standard InChI is InChI=1S/C40H50O4Si2/c1-9-32(43-46(40(6,7)8,36-25-17-12-18-26-36)37-27-19-20-31(2)28-37)29-33(30-38(41)42)44-45(39(3,4)5,34-21-13-10-14-22-34)35-23-15-11-16-24-35/h9-28,32-33H,1,29-30H2,2-8H3,(H,41,42)/t32-,33-,46?/m1/s1. The molecule has 0 aliphatic heterocycles. The van der Waals surface area contributed by atoms with Crippen LogP contribution in [0.1, 0.15) is 59.9 Å². The van der Waals surface area contributed by atoms with Gasteiger partial charge in [-0.15, -0.1) is 6.58 Å². The summed E-state index contributed by atoms with van der Waals surface area (Å²) < 4.78 is 14.9. The van der Waals surface area contributed by atoms with E-state index in [1.54, 1.807) is 0 Å². The van der Waals surface area contributed by atoms with E-state index >= 15 is 0 Å². The minimum Gasteiger partial charge on any atom is -0.481 e. The normalized spacial score (nSPS) is 15.0. The molecule has 0 aliphatic rings. The smallest absolute Gasteiger partial charge is 0.305 e. The van der Waals surface area contributed by atoms with Crippen molar-refractivity contribution >= 4 is 43.4 Å². The zero-order chi connectivity index (χ0) is 33.6. The monoisotopic (exact) mass is 650 g/mol. The van der Waals surface area contributed by atoms with Crippen LogP contribution in [0.3, 0.4) is 0 Å². The van der Waals surface area contributed by atoms with E-state index in [0.717, 1.165) is 10.4 Å². The molecule has 0 amide bonds. The van der Waals surface area contributed by atoms with E-state index in [4.69, 9.17) is 8.85 Å². The first-order valence-corrected chi connectivity index (χ1v) is 20.0. The molecule has 1 N–H and O–H groups in total.